The molecule has 0 saturated heterocycles. The first kappa shape index (κ1) is 18.5. The average Bonchev–Trinajstić information content (AvgIpc) is 2.57. The second-order valence-corrected chi connectivity index (χ2v) is 6.22. The fourth-order valence-electron chi connectivity index (χ4n) is 2.47. The minimum absolute atomic E-state index is 0.167. The molecule has 1 N–H and O–H groups in total. The number of hydrogen-bond acceptors (Lipinski definition) is 3. The number of rotatable bonds is 5. The zero-order chi connectivity index (χ0) is 18.6. The SMILES string of the molecule is Cc1cccc(C)c1O[C@H](C)C(=O)Nc1ccccc1C(=O)N(C)C. The van der Waals surface area contributed by atoms with Gasteiger partial charge in [0.2, 0.25) is 0 Å². The predicted octanol–water partition coefficient (Wildman–Crippen LogP) is 3.41. The zero-order valence-corrected chi connectivity index (χ0v) is 15.3. The molecule has 5 heteroatoms. The first-order valence-corrected chi connectivity index (χ1v) is 8.15. The summed E-state index contributed by atoms with van der Waals surface area (Å²) in [5.41, 5.74) is 2.87. The van der Waals surface area contributed by atoms with Crippen LogP contribution in [0.1, 0.15) is 28.4 Å². The number of aryl methyl sites for hydroxylation is 2. The Morgan fingerprint density at radius 2 is 1.60 bits per heavy atom. The third-order valence-electron chi connectivity index (χ3n) is 3.89. The van der Waals surface area contributed by atoms with Gasteiger partial charge in [-0.05, 0) is 44.0 Å². The van der Waals surface area contributed by atoms with Gasteiger partial charge in [-0.3, -0.25) is 9.59 Å². The second-order valence-electron chi connectivity index (χ2n) is 6.22. The minimum Gasteiger partial charge on any atom is -0.480 e. The molecular formula is C20H24N2O3. The van der Waals surface area contributed by atoms with E-state index in [1.165, 1.54) is 4.90 Å². The van der Waals surface area contributed by atoms with Crippen LogP contribution in [-0.2, 0) is 4.79 Å². The summed E-state index contributed by atoms with van der Waals surface area (Å²) >= 11 is 0. The van der Waals surface area contributed by atoms with E-state index in [2.05, 4.69) is 5.32 Å². The van der Waals surface area contributed by atoms with Gasteiger partial charge in [-0.15, -0.1) is 0 Å². The van der Waals surface area contributed by atoms with E-state index in [-0.39, 0.29) is 11.8 Å². The molecule has 0 fully saturated rings. The smallest absolute Gasteiger partial charge is 0.265 e. The average molecular weight is 340 g/mol. The minimum atomic E-state index is -0.692. The third kappa shape index (κ3) is 4.38. The second kappa shape index (κ2) is 7.83. The van der Waals surface area contributed by atoms with Crippen molar-refractivity contribution in [1.29, 1.82) is 0 Å². The zero-order valence-electron chi connectivity index (χ0n) is 15.3. The number of amides is 2. The van der Waals surface area contributed by atoms with Crippen molar-refractivity contribution in [1.82, 2.24) is 4.90 Å². The maximum atomic E-state index is 12.5. The molecule has 25 heavy (non-hydrogen) atoms. The normalized spacial score (nSPS) is 11.6. The highest BCUT2D eigenvalue weighted by Gasteiger charge is 2.20. The van der Waals surface area contributed by atoms with Gasteiger partial charge in [0.15, 0.2) is 6.10 Å². The number of carbonyl (C=O) groups excluding carboxylic acids is 2. The van der Waals surface area contributed by atoms with Gasteiger partial charge in [0.25, 0.3) is 11.8 Å². The monoisotopic (exact) mass is 340 g/mol. The van der Waals surface area contributed by atoms with Crippen LogP contribution in [0.15, 0.2) is 42.5 Å². The highest BCUT2D eigenvalue weighted by Crippen LogP contribution is 2.24. The van der Waals surface area contributed by atoms with Crippen LogP contribution in [0.25, 0.3) is 0 Å². The molecular weight excluding hydrogens is 316 g/mol. The summed E-state index contributed by atoms with van der Waals surface area (Å²) in [4.78, 5) is 26.2. The van der Waals surface area contributed by atoms with Crippen molar-refractivity contribution in [3.63, 3.8) is 0 Å². The molecule has 0 aliphatic rings. The number of anilines is 1. The van der Waals surface area contributed by atoms with Crippen LogP contribution in [0.5, 0.6) is 5.75 Å². The van der Waals surface area contributed by atoms with E-state index in [1.807, 2.05) is 32.0 Å². The largest absolute Gasteiger partial charge is 0.480 e. The van der Waals surface area contributed by atoms with E-state index in [9.17, 15) is 9.59 Å². The van der Waals surface area contributed by atoms with Crippen molar-refractivity contribution in [3.8, 4) is 5.75 Å². The number of nitrogens with zero attached hydrogens (tertiary/aromatic N) is 1. The fraction of sp³-hybridized carbons (Fsp3) is 0.300. The lowest BCUT2D eigenvalue weighted by Crippen LogP contribution is -2.32. The molecule has 2 rings (SSSR count). The number of hydrogen-bond donors (Lipinski definition) is 1. The van der Waals surface area contributed by atoms with Gasteiger partial charge in [-0.2, -0.15) is 0 Å². The van der Waals surface area contributed by atoms with Gasteiger partial charge in [0.1, 0.15) is 5.75 Å². The van der Waals surface area contributed by atoms with Gasteiger partial charge in [0, 0.05) is 14.1 Å². The lowest BCUT2D eigenvalue weighted by molar-refractivity contribution is -0.122. The first-order valence-electron chi connectivity index (χ1n) is 8.15. The van der Waals surface area contributed by atoms with E-state index >= 15 is 0 Å². The van der Waals surface area contributed by atoms with Gasteiger partial charge in [0.05, 0.1) is 11.3 Å². The molecule has 0 bridgehead atoms. The van der Waals surface area contributed by atoms with Crippen molar-refractivity contribution in [3.05, 3.63) is 59.2 Å². The standard InChI is InChI=1S/C20H24N2O3/c1-13-9-8-10-14(2)18(13)25-15(3)19(23)21-17-12-7-6-11-16(17)20(24)22(4)5/h6-12,15H,1-5H3,(H,21,23)/t15-/m1/s1. The Balaban J connectivity index is 2.16. The highest BCUT2D eigenvalue weighted by atomic mass is 16.5. The number of carbonyl (C=O) groups is 2. The lowest BCUT2D eigenvalue weighted by atomic mass is 10.1. The third-order valence-corrected chi connectivity index (χ3v) is 3.89. The Hall–Kier alpha value is -2.82. The molecule has 0 aromatic heterocycles. The Morgan fingerprint density at radius 1 is 1.00 bits per heavy atom. The number of para-hydroxylation sites is 2. The molecule has 5 nitrogen and oxygen atoms in total. The lowest BCUT2D eigenvalue weighted by Gasteiger charge is -2.19. The molecule has 0 spiro atoms. The number of benzene rings is 2. The summed E-state index contributed by atoms with van der Waals surface area (Å²) < 4.78 is 5.85. The Morgan fingerprint density at radius 3 is 2.20 bits per heavy atom. The van der Waals surface area contributed by atoms with E-state index in [4.69, 9.17) is 4.74 Å². The maximum Gasteiger partial charge on any atom is 0.265 e. The Labute approximate surface area is 148 Å². The van der Waals surface area contributed by atoms with Crippen LogP contribution in [-0.4, -0.2) is 36.9 Å². The van der Waals surface area contributed by atoms with E-state index in [0.29, 0.717) is 17.0 Å². The van der Waals surface area contributed by atoms with Crippen LogP contribution in [0, 0.1) is 13.8 Å². The molecule has 0 heterocycles. The van der Waals surface area contributed by atoms with Crippen molar-refractivity contribution >= 4 is 17.5 Å². The molecule has 2 amide bonds. The summed E-state index contributed by atoms with van der Waals surface area (Å²) in [6.45, 7) is 5.58. The van der Waals surface area contributed by atoms with Crippen molar-refractivity contribution in [2.24, 2.45) is 0 Å². The van der Waals surface area contributed by atoms with Gasteiger partial charge in [-0.1, -0.05) is 30.3 Å². The van der Waals surface area contributed by atoms with Crippen LogP contribution >= 0.6 is 0 Å². The molecule has 0 aliphatic carbocycles. The van der Waals surface area contributed by atoms with Crippen molar-refractivity contribution in [2.45, 2.75) is 26.9 Å². The van der Waals surface area contributed by atoms with Crippen LogP contribution in [0.4, 0.5) is 5.69 Å². The fourth-order valence-corrected chi connectivity index (χ4v) is 2.47. The molecule has 1 atom stereocenters. The summed E-state index contributed by atoms with van der Waals surface area (Å²) in [6, 6.07) is 12.8. The van der Waals surface area contributed by atoms with Crippen LogP contribution in [0.3, 0.4) is 0 Å². The van der Waals surface area contributed by atoms with Crippen LogP contribution < -0.4 is 10.1 Å². The van der Waals surface area contributed by atoms with Crippen molar-refractivity contribution in [2.75, 3.05) is 19.4 Å². The molecule has 0 radical (unpaired) electrons. The summed E-state index contributed by atoms with van der Waals surface area (Å²) in [5, 5.41) is 2.79. The number of ether oxygens (including phenoxy) is 1. The number of nitrogens with one attached hydrogen (secondary N) is 1. The predicted molar refractivity (Wildman–Crippen MR) is 99.1 cm³/mol. The Kier molecular flexibility index (Phi) is 5.80. The molecule has 0 aliphatic heterocycles. The molecule has 132 valence electrons. The van der Waals surface area contributed by atoms with E-state index < -0.39 is 6.10 Å². The quantitative estimate of drug-likeness (QED) is 0.907. The summed E-state index contributed by atoms with van der Waals surface area (Å²) in [5.74, 6) is 0.240. The molecule has 0 unspecified atom stereocenters. The van der Waals surface area contributed by atoms with Crippen molar-refractivity contribution < 1.29 is 14.3 Å². The van der Waals surface area contributed by atoms with Gasteiger partial charge in [-0.25, -0.2) is 0 Å². The highest BCUT2D eigenvalue weighted by molar-refractivity contribution is 6.04. The molecule has 2 aromatic carbocycles. The molecule has 0 saturated carbocycles. The van der Waals surface area contributed by atoms with Crippen LogP contribution in [0.2, 0.25) is 0 Å². The Bertz CT molecular complexity index is 764. The summed E-state index contributed by atoms with van der Waals surface area (Å²) in [6.07, 6.45) is -0.692. The van der Waals surface area contributed by atoms with Gasteiger partial charge >= 0.3 is 0 Å². The first-order chi connectivity index (χ1) is 11.8. The maximum absolute atomic E-state index is 12.5. The molecule has 2 aromatic rings. The van der Waals surface area contributed by atoms with E-state index in [0.717, 1.165) is 11.1 Å². The summed E-state index contributed by atoms with van der Waals surface area (Å²) in [7, 11) is 3.35. The van der Waals surface area contributed by atoms with Gasteiger partial charge < -0.3 is 15.0 Å². The topological polar surface area (TPSA) is 58.6 Å². The van der Waals surface area contributed by atoms with E-state index in [1.54, 1.807) is 45.3 Å².